The summed E-state index contributed by atoms with van der Waals surface area (Å²) in [5, 5.41) is 0. The van der Waals surface area contributed by atoms with Crippen LogP contribution < -0.4 is 0 Å². The Balaban J connectivity index is 2.28. The minimum Gasteiger partial charge on any atom is -0.443 e. The third-order valence-corrected chi connectivity index (χ3v) is 6.98. The Bertz CT molecular complexity index is 631. The van der Waals surface area contributed by atoms with Gasteiger partial charge < -0.3 is 9.16 Å². The van der Waals surface area contributed by atoms with Crippen molar-refractivity contribution in [3.63, 3.8) is 0 Å². The number of nitrogens with zero attached hydrogens (tertiary/aromatic N) is 1. The molecule has 0 spiro atoms. The van der Waals surface area contributed by atoms with Crippen LogP contribution in [0.2, 0.25) is 11.1 Å². The third-order valence-electron chi connectivity index (χ3n) is 4.18. The molecule has 0 aliphatic carbocycles. The van der Waals surface area contributed by atoms with Crippen molar-refractivity contribution in [1.29, 1.82) is 0 Å². The molecule has 1 fully saturated rings. The van der Waals surface area contributed by atoms with Gasteiger partial charge in [0.1, 0.15) is 11.6 Å². The van der Waals surface area contributed by atoms with Gasteiger partial charge in [0.15, 0.2) is 6.10 Å². The summed E-state index contributed by atoms with van der Waals surface area (Å²) in [5.41, 5.74) is 0.978. The Labute approximate surface area is 158 Å². The van der Waals surface area contributed by atoms with Gasteiger partial charge in [-0.3, -0.25) is 4.79 Å². The van der Waals surface area contributed by atoms with Crippen LogP contribution >= 0.6 is 0 Å². The number of amides is 2. The lowest BCUT2D eigenvalue weighted by Gasteiger charge is -2.47. The number of carbonyl (C=O) groups is 2. The molecule has 1 radical (unpaired) electrons. The number of benzene rings is 1. The van der Waals surface area contributed by atoms with Crippen molar-refractivity contribution in [2.75, 3.05) is 0 Å². The van der Waals surface area contributed by atoms with E-state index in [1.165, 1.54) is 4.90 Å². The van der Waals surface area contributed by atoms with Gasteiger partial charge in [-0.25, -0.2) is 9.69 Å². The van der Waals surface area contributed by atoms with Crippen LogP contribution in [-0.4, -0.2) is 37.6 Å². The van der Waals surface area contributed by atoms with Crippen LogP contribution in [-0.2, 0) is 14.0 Å². The van der Waals surface area contributed by atoms with Gasteiger partial charge in [0.05, 0.1) is 0 Å². The second-order valence-corrected chi connectivity index (χ2v) is 11.6. The molecule has 6 heteroatoms. The fourth-order valence-corrected chi connectivity index (χ4v) is 5.55. The number of hydrogen-bond acceptors (Lipinski definition) is 4. The number of carbonyl (C=O) groups excluding carboxylic acids is 2. The van der Waals surface area contributed by atoms with Crippen molar-refractivity contribution >= 4 is 21.0 Å². The molecule has 0 bridgehead atoms. The van der Waals surface area contributed by atoms with Crippen LogP contribution in [0.3, 0.4) is 0 Å². The van der Waals surface area contributed by atoms with E-state index >= 15 is 0 Å². The van der Waals surface area contributed by atoms with Crippen molar-refractivity contribution in [3.05, 3.63) is 35.9 Å². The second-order valence-electron chi connectivity index (χ2n) is 8.29. The van der Waals surface area contributed by atoms with Crippen molar-refractivity contribution in [2.45, 2.75) is 77.3 Å². The Morgan fingerprint density at radius 3 is 2.08 bits per heavy atom. The smallest absolute Gasteiger partial charge is 0.417 e. The molecule has 2 rings (SSSR count). The van der Waals surface area contributed by atoms with Crippen LogP contribution in [0.5, 0.6) is 0 Å². The molecular weight excluding hydrogens is 346 g/mol. The Kier molecular flexibility index (Phi) is 6.29. The first-order valence-electron chi connectivity index (χ1n) is 9.17. The van der Waals surface area contributed by atoms with Gasteiger partial charge in [0.2, 0.25) is 9.04 Å². The summed E-state index contributed by atoms with van der Waals surface area (Å²) in [4.78, 5) is 26.5. The van der Waals surface area contributed by atoms with E-state index in [4.69, 9.17) is 9.16 Å². The molecule has 0 aromatic heterocycles. The van der Waals surface area contributed by atoms with Crippen molar-refractivity contribution < 1.29 is 18.8 Å². The van der Waals surface area contributed by atoms with Crippen molar-refractivity contribution in [1.82, 2.24) is 4.90 Å². The predicted octanol–water partition coefficient (Wildman–Crippen LogP) is 4.70. The van der Waals surface area contributed by atoms with Crippen LogP contribution in [0.15, 0.2) is 30.3 Å². The molecule has 1 aliphatic rings. The topological polar surface area (TPSA) is 55.8 Å². The molecular formula is C20H30NO4Si. The molecule has 143 valence electrons. The normalized spacial score (nSPS) is 20.7. The van der Waals surface area contributed by atoms with E-state index in [9.17, 15) is 9.59 Å². The minimum atomic E-state index is -1.19. The number of imide groups is 1. The monoisotopic (exact) mass is 376 g/mol. The van der Waals surface area contributed by atoms with E-state index < -0.39 is 32.9 Å². The molecule has 1 aromatic carbocycles. The molecule has 0 unspecified atom stereocenters. The molecule has 1 saturated heterocycles. The summed E-state index contributed by atoms with van der Waals surface area (Å²) < 4.78 is 11.7. The van der Waals surface area contributed by atoms with Gasteiger partial charge in [-0.2, -0.15) is 0 Å². The zero-order valence-electron chi connectivity index (χ0n) is 16.8. The molecule has 5 nitrogen and oxygen atoms in total. The maximum absolute atomic E-state index is 12.8. The number of likely N-dealkylation sites (tertiary alicyclic amines) is 1. The molecule has 0 N–H and O–H groups in total. The molecule has 26 heavy (non-hydrogen) atoms. The van der Waals surface area contributed by atoms with E-state index in [0.29, 0.717) is 11.1 Å². The second kappa shape index (κ2) is 7.92. The van der Waals surface area contributed by atoms with E-state index in [2.05, 4.69) is 27.7 Å². The van der Waals surface area contributed by atoms with E-state index in [0.717, 1.165) is 5.56 Å². The fraction of sp³-hybridized carbons (Fsp3) is 0.600. The maximum Gasteiger partial charge on any atom is 0.417 e. The first-order valence-corrected chi connectivity index (χ1v) is 10.7. The fourth-order valence-electron chi connectivity index (χ4n) is 3.15. The van der Waals surface area contributed by atoms with E-state index in [-0.39, 0.29) is 5.91 Å². The largest absolute Gasteiger partial charge is 0.443 e. The lowest BCUT2D eigenvalue weighted by atomic mass is 9.91. The van der Waals surface area contributed by atoms with Gasteiger partial charge in [-0.1, -0.05) is 58.0 Å². The highest BCUT2D eigenvalue weighted by Gasteiger charge is 2.54. The molecule has 1 heterocycles. The third kappa shape index (κ3) is 4.54. The maximum atomic E-state index is 12.8. The molecule has 1 aromatic rings. The van der Waals surface area contributed by atoms with Crippen LogP contribution in [0.25, 0.3) is 0 Å². The van der Waals surface area contributed by atoms with Gasteiger partial charge in [-0.05, 0) is 37.4 Å². The zero-order valence-corrected chi connectivity index (χ0v) is 17.8. The summed E-state index contributed by atoms with van der Waals surface area (Å²) in [6.45, 7) is 13.9. The zero-order chi connectivity index (χ0) is 19.6. The highest BCUT2D eigenvalue weighted by molar-refractivity contribution is 6.55. The first-order chi connectivity index (χ1) is 12.0. The van der Waals surface area contributed by atoms with E-state index in [1.54, 1.807) is 20.8 Å². The summed E-state index contributed by atoms with van der Waals surface area (Å²) in [7, 11) is -1.19. The predicted molar refractivity (Wildman–Crippen MR) is 103 cm³/mol. The summed E-state index contributed by atoms with van der Waals surface area (Å²) >= 11 is 0. The Morgan fingerprint density at radius 2 is 1.62 bits per heavy atom. The van der Waals surface area contributed by atoms with Gasteiger partial charge in [0, 0.05) is 0 Å². The minimum absolute atomic E-state index is 0.308. The summed E-state index contributed by atoms with van der Waals surface area (Å²) in [6, 6.07) is 9.12. The molecule has 2 amide bonds. The van der Waals surface area contributed by atoms with Crippen LogP contribution in [0.4, 0.5) is 4.79 Å². The number of β-lactam (4-membered cyclic amide) rings is 1. The lowest BCUT2D eigenvalue weighted by molar-refractivity contribution is -0.162. The average Bonchev–Trinajstić information content (AvgIpc) is 2.50. The summed E-state index contributed by atoms with van der Waals surface area (Å²) in [6.07, 6.45) is -1.23. The standard InChI is InChI=1S/C20H30NO4Si/c1-13(2)26(14(3)4)25-17-16(15-11-9-8-10-12-15)21(18(17)22)19(23)24-20(5,6)7/h8-14,16-17H,1-7H3/t16-,17+/m0/s1. The molecule has 1 aliphatic heterocycles. The highest BCUT2D eigenvalue weighted by Crippen LogP contribution is 2.40. The summed E-state index contributed by atoms with van der Waals surface area (Å²) in [5.74, 6) is -0.308. The van der Waals surface area contributed by atoms with Crippen LogP contribution in [0, 0.1) is 0 Å². The van der Waals surface area contributed by atoms with Gasteiger partial charge in [-0.15, -0.1) is 0 Å². The SMILES string of the molecule is CC(C)[Si](O[C@H]1C(=O)N(C(=O)OC(C)(C)C)[C@H]1c1ccccc1)C(C)C. The number of rotatable bonds is 5. The highest BCUT2D eigenvalue weighted by atomic mass is 28.3. The first kappa shape index (κ1) is 20.6. The van der Waals surface area contributed by atoms with Gasteiger partial charge in [0.25, 0.3) is 5.91 Å². The number of hydrogen-bond donors (Lipinski definition) is 0. The molecule has 0 saturated carbocycles. The lowest BCUT2D eigenvalue weighted by Crippen LogP contribution is -2.64. The Morgan fingerprint density at radius 1 is 1.08 bits per heavy atom. The van der Waals surface area contributed by atoms with Crippen LogP contribution in [0.1, 0.15) is 60.1 Å². The van der Waals surface area contributed by atoms with Gasteiger partial charge >= 0.3 is 6.09 Å². The van der Waals surface area contributed by atoms with Crippen molar-refractivity contribution in [3.8, 4) is 0 Å². The Hall–Kier alpha value is -1.66. The van der Waals surface area contributed by atoms with Crippen molar-refractivity contribution in [2.24, 2.45) is 0 Å². The molecule has 2 atom stereocenters. The average molecular weight is 377 g/mol. The number of ether oxygens (including phenoxy) is 1. The quantitative estimate of drug-likeness (QED) is 0.552. The van der Waals surface area contributed by atoms with E-state index in [1.807, 2.05) is 30.3 Å².